The van der Waals surface area contributed by atoms with Crippen LogP contribution >= 0.6 is 11.6 Å². The molecule has 0 atom stereocenters. The lowest BCUT2D eigenvalue weighted by atomic mass is 10.3. The van der Waals surface area contributed by atoms with Gasteiger partial charge in [0.15, 0.2) is 5.65 Å². The SMILES string of the molecule is O=C(Cn1cnc2c(cnn2CCO)c1=O)Nc1cccc(Cl)c1. The van der Waals surface area contributed by atoms with Crippen molar-refractivity contribution in [2.75, 3.05) is 11.9 Å². The summed E-state index contributed by atoms with van der Waals surface area (Å²) in [6.45, 7) is -0.0434. The largest absolute Gasteiger partial charge is 0.394 e. The quantitative estimate of drug-likeness (QED) is 0.713. The lowest BCUT2D eigenvalue weighted by molar-refractivity contribution is -0.116. The van der Waals surface area contributed by atoms with Gasteiger partial charge < -0.3 is 10.4 Å². The van der Waals surface area contributed by atoms with E-state index in [0.717, 1.165) is 0 Å². The maximum absolute atomic E-state index is 12.4. The van der Waals surface area contributed by atoms with Crippen molar-refractivity contribution in [3.05, 3.63) is 52.2 Å². The third kappa shape index (κ3) is 3.29. The fourth-order valence-electron chi connectivity index (χ4n) is 2.29. The highest BCUT2D eigenvalue weighted by Crippen LogP contribution is 2.14. The van der Waals surface area contributed by atoms with E-state index in [0.29, 0.717) is 21.7 Å². The summed E-state index contributed by atoms with van der Waals surface area (Å²) in [7, 11) is 0. The predicted molar refractivity (Wildman–Crippen MR) is 89.0 cm³/mol. The number of aliphatic hydroxyl groups excluding tert-OH is 1. The van der Waals surface area contributed by atoms with Crippen molar-refractivity contribution in [3.8, 4) is 0 Å². The number of halogens is 1. The van der Waals surface area contributed by atoms with E-state index < -0.39 is 0 Å². The second kappa shape index (κ2) is 6.81. The molecule has 0 bridgehead atoms. The second-order valence-electron chi connectivity index (χ2n) is 5.06. The molecule has 0 spiro atoms. The highest BCUT2D eigenvalue weighted by Gasteiger charge is 2.12. The average molecular weight is 348 g/mol. The van der Waals surface area contributed by atoms with Crippen LogP contribution < -0.4 is 10.9 Å². The third-order valence-corrected chi connectivity index (χ3v) is 3.59. The van der Waals surface area contributed by atoms with Crippen molar-refractivity contribution in [1.82, 2.24) is 19.3 Å². The number of carbonyl (C=O) groups is 1. The zero-order valence-electron chi connectivity index (χ0n) is 12.5. The second-order valence-corrected chi connectivity index (χ2v) is 5.50. The van der Waals surface area contributed by atoms with Crippen LogP contribution in [0, 0.1) is 0 Å². The van der Waals surface area contributed by atoms with Crippen LogP contribution in [0.15, 0.2) is 41.6 Å². The summed E-state index contributed by atoms with van der Waals surface area (Å²) in [5, 5.41) is 16.4. The molecule has 124 valence electrons. The Bertz CT molecular complexity index is 950. The van der Waals surface area contributed by atoms with Crippen molar-refractivity contribution >= 4 is 34.2 Å². The van der Waals surface area contributed by atoms with Crippen molar-refractivity contribution < 1.29 is 9.90 Å². The maximum Gasteiger partial charge on any atom is 0.264 e. The maximum atomic E-state index is 12.4. The van der Waals surface area contributed by atoms with Crippen molar-refractivity contribution in [1.29, 1.82) is 0 Å². The smallest absolute Gasteiger partial charge is 0.264 e. The summed E-state index contributed by atoms with van der Waals surface area (Å²) >= 11 is 5.86. The van der Waals surface area contributed by atoms with Crippen LogP contribution in [0.4, 0.5) is 5.69 Å². The van der Waals surface area contributed by atoms with Crippen LogP contribution in [0.25, 0.3) is 11.0 Å². The molecule has 9 heteroatoms. The summed E-state index contributed by atoms with van der Waals surface area (Å²) in [5.41, 5.74) is 0.552. The number of hydrogen-bond acceptors (Lipinski definition) is 5. The zero-order valence-corrected chi connectivity index (χ0v) is 13.3. The first-order valence-electron chi connectivity index (χ1n) is 7.15. The normalized spacial score (nSPS) is 10.9. The molecule has 0 radical (unpaired) electrons. The predicted octanol–water partition coefficient (Wildman–Crippen LogP) is 0.877. The molecule has 2 heterocycles. The van der Waals surface area contributed by atoms with Crippen molar-refractivity contribution in [2.24, 2.45) is 0 Å². The highest BCUT2D eigenvalue weighted by atomic mass is 35.5. The molecule has 0 aliphatic rings. The minimum absolute atomic E-state index is 0.108. The fraction of sp³-hybridized carbons (Fsp3) is 0.200. The number of rotatable bonds is 5. The number of hydrogen-bond donors (Lipinski definition) is 2. The number of nitrogens with one attached hydrogen (secondary N) is 1. The number of carbonyl (C=O) groups excluding carboxylic acids is 1. The number of amides is 1. The Labute approximate surface area is 141 Å². The van der Waals surface area contributed by atoms with E-state index in [1.165, 1.54) is 21.8 Å². The number of aromatic nitrogens is 4. The minimum Gasteiger partial charge on any atom is -0.394 e. The number of nitrogens with zero attached hydrogens (tertiary/aromatic N) is 4. The highest BCUT2D eigenvalue weighted by molar-refractivity contribution is 6.30. The molecule has 2 N–H and O–H groups in total. The molecule has 0 saturated carbocycles. The first kappa shape index (κ1) is 16.2. The van der Waals surface area contributed by atoms with Crippen LogP contribution in [0.2, 0.25) is 5.02 Å². The molecule has 0 aliphatic carbocycles. The summed E-state index contributed by atoms with van der Waals surface area (Å²) in [6.07, 6.45) is 2.67. The molecule has 1 aromatic carbocycles. The van der Waals surface area contributed by atoms with Gasteiger partial charge in [0.1, 0.15) is 18.3 Å². The summed E-state index contributed by atoms with van der Waals surface area (Å²) in [5.74, 6) is -0.372. The van der Waals surface area contributed by atoms with Gasteiger partial charge in [-0.25, -0.2) is 9.67 Å². The molecule has 0 saturated heterocycles. The molecule has 3 rings (SSSR count). The average Bonchev–Trinajstić information content (AvgIpc) is 2.94. The van der Waals surface area contributed by atoms with Crippen LogP contribution in [0.3, 0.4) is 0 Å². The van der Waals surface area contributed by atoms with Crippen LogP contribution in [0.1, 0.15) is 0 Å². The Kier molecular flexibility index (Phi) is 4.59. The topological polar surface area (TPSA) is 102 Å². The number of fused-ring (bicyclic) bond motifs is 1. The zero-order chi connectivity index (χ0) is 17.1. The molecular formula is C15H14ClN5O3. The van der Waals surface area contributed by atoms with Crippen molar-refractivity contribution in [3.63, 3.8) is 0 Å². The standard InChI is InChI=1S/C15H14ClN5O3/c16-10-2-1-3-11(6-10)19-13(23)8-20-9-17-14-12(15(20)24)7-18-21(14)4-5-22/h1-3,6-7,9,22H,4-5,8H2,(H,19,23). The molecular weight excluding hydrogens is 334 g/mol. The lowest BCUT2D eigenvalue weighted by Gasteiger charge is -2.07. The molecule has 0 unspecified atom stereocenters. The monoisotopic (exact) mass is 347 g/mol. The van der Waals surface area contributed by atoms with E-state index >= 15 is 0 Å². The lowest BCUT2D eigenvalue weighted by Crippen LogP contribution is -2.27. The van der Waals surface area contributed by atoms with Gasteiger partial charge >= 0.3 is 0 Å². The van der Waals surface area contributed by atoms with Gasteiger partial charge in [0.05, 0.1) is 19.3 Å². The Morgan fingerprint density at radius 3 is 2.96 bits per heavy atom. The van der Waals surface area contributed by atoms with Gasteiger partial charge in [-0.3, -0.25) is 14.2 Å². The van der Waals surface area contributed by atoms with Crippen LogP contribution in [-0.4, -0.2) is 37.0 Å². The van der Waals surface area contributed by atoms with E-state index in [2.05, 4.69) is 15.4 Å². The molecule has 8 nitrogen and oxygen atoms in total. The number of benzene rings is 1. The molecule has 1 amide bonds. The number of anilines is 1. The van der Waals surface area contributed by atoms with E-state index in [1.54, 1.807) is 24.3 Å². The van der Waals surface area contributed by atoms with E-state index in [4.69, 9.17) is 16.7 Å². The minimum atomic E-state index is -0.372. The van der Waals surface area contributed by atoms with Gasteiger partial charge in [-0.1, -0.05) is 17.7 Å². The Balaban J connectivity index is 1.81. The van der Waals surface area contributed by atoms with Gasteiger partial charge in [0.25, 0.3) is 5.56 Å². The molecule has 3 aromatic rings. The molecule has 2 aromatic heterocycles. The van der Waals surface area contributed by atoms with Gasteiger partial charge in [-0.15, -0.1) is 0 Å². The van der Waals surface area contributed by atoms with Crippen LogP contribution in [-0.2, 0) is 17.9 Å². The van der Waals surface area contributed by atoms with Gasteiger partial charge in [-0.05, 0) is 18.2 Å². The number of aliphatic hydroxyl groups is 1. The van der Waals surface area contributed by atoms with Crippen LogP contribution in [0.5, 0.6) is 0 Å². The first-order valence-corrected chi connectivity index (χ1v) is 7.53. The Morgan fingerprint density at radius 2 is 2.21 bits per heavy atom. The first-order chi connectivity index (χ1) is 11.6. The summed E-state index contributed by atoms with van der Waals surface area (Å²) < 4.78 is 2.64. The van der Waals surface area contributed by atoms with Gasteiger partial charge in [-0.2, -0.15) is 5.10 Å². The van der Waals surface area contributed by atoms with E-state index in [-0.39, 0.29) is 31.2 Å². The molecule has 0 fully saturated rings. The van der Waals surface area contributed by atoms with E-state index in [9.17, 15) is 9.59 Å². The van der Waals surface area contributed by atoms with Gasteiger partial charge in [0.2, 0.25) is 5.91 Å². The molecule has 0 aliphatic heterocycles. The van der Waals surface area contributed by atoms with Crippen molar-refractivity contribution in [2.45, 2.75) is 13.1 Å². The Morgan fingerprint density at radius 1 is 1.38 bits per heavy atom. The summed E-state index contributed by atoms with van der Waals surface area (Å²) in [6, 6.07) is 6.73. The van der Waals surface area contributed by atoms with E-state index in [1.807, 2.05) is 0 Å². The fourth-order valence-corrected chi connectivity index (χ4v) is 2.48. The third-order valence-electron chi connectivity index (χ3n) is 3.36. The molecule has 24 heavy (non-hydrogen) atoms. The van der Waals surface area contributed by atoms with Gasteiger partial charge in [0, 0.05) is 10.7 Å². The summed E-state index contributed by atoms with van der Waals surface area (Å²) in [4.78, 5) is 28.6. The Hall–Kier alpha value is -2.71.